The first kappa shape index (κ1) is 8.99. The van der Waals surface area contributed by atoms with E-state index in [4.69, 9.17) is 4.74 Å². The second kappa shape index (κ2) is 3.53. The van der Waals surface area contributed by atoms with Crippen LogP contribution in [-0.4, -0.2) is 18.0 Å². The Morgan fingerprint density at radius 2 is 2.08 bits per heavy atom. The van der Waals surface area contributed by atoms with E-state index >= 15 is 0 Å². The molecule has 0 aromatic rings. The van der Waals surface area contributed by atoms with E-state index < -0.39 is 5.97 Å². The predicted octanol–water partition coefficient (Wildman–Crippen LogP) is -0.255. The van der Waals surface area contributed by atoms with Gasteiger partial charge >= 0.3 is 11.9 Å². The monoisotopic (exact) mass is 173 g/mol. The Bertz CT molecular complexity index is 204. The molecule has 1 aliphatic rings. The highest BCUT2D eigenvalue weighted by Gasteiger charge is 2.40. The third kappa shape index (κ3) is 1.73. The molecule has 0 radical (unpaired) electrons. The molecule has 12 heavy (non-hydrogen) atoms. The van der Waals surface area contributed by atoms with Crippen LogP contribution < -0.4 is 5.90 Å². The molecule has 2 N–H and O–H groups in total. The zero-order chi connectivity index (χ0) is 9.14. The zero-order valence-corrected chi connectivity index (χ0v) is 6.78. The van der Waals surface area contributed by atoms with Gasteiger partial charge in [0.2, 0.25) is 0 Å². The molecular formula is C7H11NO4. The van der Waals surface area contributed by atoms with E-state index in [0.717, 1.165) is 0 Å². The van der Waals surface area contributed by atoms with Crippen LogP contribution >= 0.6 is 0 Å². The van der Waals surface area contributed by atoms with Gasteiger partial charge in [0.25, 0.3) is 0 Å². The summed E-state index contributed by atoms with van der Waals surface area (Å²) in [6.07, 6.45) is 1.05. The van der Waals surface area contributed by atoms with Crippen LogP contribution in [0.15, 0.2) is 0 Å². The fraction of sp³-hybridized carbons (Fsp3) is 0.714. The van der Waals surface area contributed by atoms with Crippen molar-refractivity contribution in [2.45, 2.75) is 25.9 Å². The molecule has 5 nitrogen and oxygen atoms in total. The molecular weight excluding hydrogens is 162 g/mol. The largest absolute Gasteiger partial charge is 0.462 e. The average molecular weight is 173 g/mol. The van der Waals surface area contributed by atoms with Gasteiger partial charge in [0.05, 0.1) is 5.92 Å². The third-order valence-corrected chi connectivity index (χ3v) is 1.95. The predicted molar refractivity (Wildman–Crippen MR) is 38.6 cm³/mol. The zero-order valence-electron chi connectivity index (χ0n) is 6.78. The van der Waals surface area contributed by atoms with Gasteiger partial charge in [-0.15, -0.1) is 0 Å². The van der Waals surface area contributed by atoms with Gasteiger partial charge in [-0.3, -0.25) is 4.79 Å². The molecule has 0 heterocycles. The molecule has 0 aromatic heterocycles. The Morgan fingerprint density at radius 1 is 1.42 bits per heavy atom. The molecule has 0 aromatic carbocycles. The van der Waals surface area contributed by atoms with Crippen molar-refractivity contribution >= 4 is 11.9 Å². The highest BCUT2D eigenvalue weighted by Crippen LogP contribution is 2.31. The van der Waals surface area contributed by atoms with E-state index in [0.29, 0.717) is 12.8 Å². The molecule has 0 saturated heterocycles. The Balaban J connectivity index is 2.38. The first-order chi connectivity index (χ1) is 5.65. The highest BCUT2D eigenvalue weighted by molar-refractivity contribution is 5.75. The molecule has 5 heteroatoms. The lowest BCUT2D eigenvalue weighted by molar-refractivity contribution is -0.170. The Hall–Kier alpha value is -1.10. The van der Waals surface area contributed by atoms with Gasteiger partial charge in [-0.05, 0) is 12.8 Å². The Kier molecular flexibility index (Phi) is 2.65. The van der Waals surface area contributed by atoms with E-state index in [-0.39, 0.29) is 18.0 Å². The number of nitrogens with two attached hydrogens (primary N) is 1. The number of hydrogen-bond donors (Lipinski definition) is 1. The SMILES string of the molecule is CC(=O)OC1CCC1C(=O)ON. The molecule has 0 bridgehead atoms. The maximum Gasteiger partial charge on any atom is 0.331 e. The molecule has 1 aliphatic carbocycles. The van der Waals surface area contributed by atoms with Gasteiger partial charge in [0, 0.05) is 6.92 Å². The van der Waals surface area contributed by atoms with Gasteiger partial charge in [0.1, 0.15) is 6.10 Å². The number of carbonyl (C=O) groups is 2. The average Bonchev–Trinajstić information content (AvgIpc) is 1.98. The standard InChI is InChI=1S/C7H11NO4/c1-4(9)11-6-3-2-5(6)7(10)12-8/h5-6H,2-3,8H2,1H3. The van der Waals surface area contributed by atoms with E-state index in [2.05, 4.69) is 10.7 Å². The van der Waals surface area contributed by atoms with E-state index in [1.54, 1.807) is 0 Å². The van der Waals surface area contributed by atoms with Crippen molar-refractivity contribution in [1.82, 2.24) is 0 Å². The molecule has 2 unspecified atom stereocenters. The van der Waals surface area contributed by atoms with Gasteiger partial charge in [-0.25, -0.2) is 4.79 Å². The van der Waals surface area contributed by atoms with Crippen LogP contribution in [0.2, 0.25) is 0 Å². The number of carbonyl (C=O) groups excluding carboxylic acids is 2. The number of esters is 1. The van der Waals surface area contributed by atoms with E-state index in [1.807, 2.05) is 0 Å². The summed E-state index contributed by atoms with van der Waals surface area (Å²) < 4.78 is 4.83. The van der Waals surface area contributed by atoms with Crippen LogP contribution in [0.5, 0.6) is 0 Å². The summed E-state index contributed by atoms with van der Waals surface area (Å²) in [4.78, 5) is 25.4. The van der Waals surface area contributed by atoms with Crippen molar-refractivity contribution in [1.29, 1.82) is 0 Å². The van der Waals surface area contributed by atoms with Crippen LogP contribution in [0.1, 0.15) is 19.8 Å². The minimum atomic E-state index is -0.507. The van der Waals surface area contributed by atoms with Crippen LogP contribution in [0, 0.1) is 5.92 Å². The number of hydrogen-bond acceptors (Lipinski definition) is 5. The van der Waals surface area contributed by atoms with Crippen LogP contribution in [-0.2, 0) is 19.2 Å². The van der Waals surface area contributed by atoms with Gasteiger partial charge < -0.3 is 9.57 Å². The maximum absolute atomic E-state index is 10.8. The molecule has 1 rings (SSSR count). The van der Waals surface area contributed by atoms with Crippen molar-refractivity contribution in [3.63, 3.8) is 0 Å². The molecule has 1 fully saturated rings. The quantitative estimate of drug-likeness (QED) is 0.460. The lowest BCUT2D eigenvalue weighted by Gasteiger charge is -2.32. The molecule has 68 valence electrons. The van der Waals surface area contributed by atoms with E-state index in [9.17, 15) is 9.59 Å². The third-order valence-electron chi connectivity index (χ3n) is 1.95. The minimum Gasteiger partial charge on any atom is -0.462 e. The summed E-state index contributed by atoms with van der Waals surface area (Å²) in [6, 6.07) is 0. The number of rotatable bonds is 2. The van der Waals surface area contributed by atoms with Crippen molar-refractivity contribution < 1.29 is 19.2 Å². The van der Waals surface area contributed by atoms with Crippen molar-refractivity contribution in [2.24, 2.45) is 11.8 Å². The van der Waals surface area contributed by atoms with Crippen molar-refractivity contribution in [3.8, 4) is 0 Å². The first-order valence-electron chi connectivity index (χ1n) is 3.73. The van der Waals surface area contributed by atoms with Crippen LogP contribution in [0.3, 0.4) is 0 Å². The Morgan fingerprint density at radius 3 is 2.42 bits per heavy atom. The normalized spacial score (nSPS) is 27.2. The molecule has 2 atom stereocenters. The van der Waals surface area contributed by atoms with E-state index in [1.165, 1.54) is 6.92 Å². The van der Waals surface area contributed by atoms with Crippen molar-refractivity contribution in [3.05, 3.63) is 0 Å². The molecule has 1 saturated carbocycles. The number of ether oxygens (including phenoxy) is 1. The van der Waals surface area contributed by atoms with Gasteiger partial charge in [-0.1, -0.05) is 0 Å². The highest BCUT2D eigenvalue weighted by atomic mass is 16.7. The molecule has 0 amide bonds. The summed E-state index contributed by atoms with van der Waals surface area (Å²) in [5, 5.41) is 0. The lowest BCUT2D eigenvalue weighted by Crippen LogP contribution is -2.42. The molecule has 0 spiro atoms. The van der Waals surface area contributed by atoms with Gasteiger partial charge in [0.15, 0.2) is 0 Å². The smallest absolute Gasteiger partial charge is 0.331 e. The lowest BCUT2D eigenvalue weighted by atomic mass is 9.82. The Labute approximate surface area is 69.8 Å². The van der Waals surface area contributed by atoms with Crippen LogP contribution in [0.25, 0.3) is 0 Å². The summed E-state index contributed by atoms with van der Waals surface area (Å²) in [7, 11) is 0. The summed E-state index contributed by atoms with van der Waals surface area (Å²) in [5.41, 5.74) is 0. The summed E-state index contributed by atoms with van der Waals surface area (Å²) in [5.74, 6) is 3.44. The maximum atomic E-state index is 10.8. The molecule has 0 aliphatic heterocycles. The fourth-order valence-electron chi connectivity index (χ4n) is 1.18. The van der Waals surface area contributed by atoms with Crippen LogP contribution in [0.4, 0.5) is 0 Å². The summed E-state index contributed by atoms with van der Waals surface area (Å²) >= 11 is 0. The first-order valence-corrected chi connectivity index (χ1v) is 3.73. The second-order valence-corrected chi connectivity index (χ2v) is 2.77. The topological polar surface area (TPSA) is 78.6 Å². The van der Waals surface area contributed by atoms with Crippen molar-refractivity contribution in [2.75, 3.05) is 0 Å². The second-order valence-electron chi connectivity index (χ2n) is 2.77. The fourth-order valence-corrected chi connectivity index (χ4v) is 1.18. The minimum absolute atomic E-state index is 0.335. The summed E-state index contributed by atoms with van der Waals surface area (Å²) in [6.45, 7) is 1.31. The van der Waals surface area contributed by atoms with Gasteiger partial charge in [-0.2, -0.15) is 5.90 Å².